The molecule has 0 spiro atoms. The third-order valence-electron chi connectivity index (χ3n) is 3.67. The van der Waals surface area contributed by atoms with Crippen LogP contribution < -0.4 is 5.32 Å². The third kappa shape index (κ3) is 4.18. The molecule has 1 aromatic rings. The summed E-state index contributed by atoms with van der Waals surface area (Å²) >= 11 is 5.51. The molecule has 1 saturated heterocycles. The smallest absolute Gasteiger partial charge is 0.188 e. The molecule has 0 aliphatic carbocycles. The molecule has 0 bridgehead atoms. The van der Waals surface area contributed by atoms with Crippen molar-refractivity contribution in [3.63, 3.8) is 0 Å². The number of nitrogens with one attached hydrogen (secondary N) is 1. The Labute approximate surface area is 138 Å². The van der Waals surface area contributed by atoms with E-state index in [1.807, 2.05) is 50.1 Å². The first-order valence-corrected chi connectivity index (χ1v) is 9.47. The van der Waals surface area contributed by atoms with Gasteiger partial charge in [0.15, 0.2) is 14.9 Å². The minimum atomic E-state index is -2.95. The molecular weight excluding hydrogens is 318 g/mol. The van der Waals surface area contributed by atoms with Crippen LogP contribution in [0.4, 0.5) is 5.69 Å². The van der Waals surface area contributed by atoms with Crippen molar-refractivity contribution < 1.29 is 8.42 Å². The monoisotopic (exact) mass is 341 g/mol. The molecule has 0 amide bonds. The van der Waals surface area contributed by atoms with Crippen molar-refractivity contribution in [3.05, 3.63) is 29.3 Å². The van der Waals surface area contributed by atoms with Gasteiger partial charge in [-0.15, -0.1) is 0 Å². The van der Waals surface area contributed by atoms with Gasteiger partial charge < -0.3 is 5.32 Å². The first-order valence-electron chi connectivity index (χ1n) is 7.24. The molecule has 7 heteroatoms. The lowest BCUT2D eigenvalue weighted by atomic mass is 10.1. The summed E-state index contributed by atoms with van der Waals surface area (Å²) in [5.74, 6) is 0.383. The zero-order chi connectivity index (χ0) is 16.5. The van der Waals surface area contributed by atoms with Gasteiger partial charge in [-0.05, 0) is 55.7 Å². The van der Waals surface area contributed by atoms with Gasteiger partial charge in [-0.3, -0.25) is 5.01 Å². The predicted octanol–water partition coefficient (Wildman–Crippen LogP) is 1.97. The molecule has 22 heavy (non-hydrogen) atoms. The Morgan fingerprint density at radius 1 is 1.23 bits per heavy atom. The fourth-order valence-electron chi connectivity index (χ4n) is 2.87. The van der Waals surface area contributed by atoms with E-state index in [1.165, 1.54) is 0 Å². The summed E-state index contributed by atoms with van der Waals surface area (Å²) in [7, 11) is 0.801. The van der Waals surface area contributed by atoms with Gasteiger partial charge in [0.25, 0.3) is 0 Å². The zero-order valence-corrected chi connectivity index (χ0v) is 15.1. The van der Waals surface area contributed by atoms with E-state index in [2.05, 4.69) is 11.4 Å². The van der Waals surface area contributed by atoms with E-state index >= 15 is 0 Å². The van der Waals surface area contributed by atoms with Crippen molar-refractivity contribution in [2.24, 2.45) is 0 Å². The van der Waals surface area contributed by atoms with Crippen LogP contribution in [0.25, 0.3) is 0 Å². The van der Waals surface area contributed by atoms with Gasteiger partial charge in [0.05, 0.1) is 17.5 Å². The largest absolute Gasteiger partial charge is 0.331 e. The highest BCUT2D eigenvalue weighted by Gasteiger charge is 2.34. The van der Waals surface area contributed by atoms with E-state index < -0.39 is 9.84 Å². The lowest BCUT2D eigenvalue weighted by Gasteiger charge is -2.36. The predicted molar refractivity (Wildman–Crippen MR) is 94.7 cm³/mol. The zero-order valence-electron chi connectivity index (χ0n) is 13.5. The normalized spacial score (nSPS) is 20.1. The van der Waals surface area contributed by atoms with Crippen molar-refractivity contribution in [2.45, 2.75) is 26.3 Å². The molecule has 1 atom stereocenters. The van der Waals surface area contributed by atoms with Crippen LogP contribution in [0.2, 0.25) is 0 Å². The second-order valence-corrected chi connectivity index (χ2v) is 8.67. The molecule has 1 aliphatic rings. The Hall–Kier alpha value is -1.18. The molecule has 0 saturated carbocycles. The summed E-state index contributed by atoms with van der Waals surface area (Å²) in [6.07, 6.45) is 0.606. The van der Waals surface area contributed by atoms with Crippen molar-refractivity contribution in [3.8, 4) is 0 Å². The fourth-order valence-corrected chi connectivity index (χ4v) is 4.99. The molecule has 1 heterocycles. The molecule has 1 fully saturated rings. The average molecular weight is 342 g/mol. The van der Waals surface area contributed by atoms with E-state index in [4.69, 9.17) is 12.2 Å². The quantitative estimate of drug-likeness (QED) is 0.670. The number of rotatable bonds is 3. The summed E-state index contributed by atoms with van der Waals surface area (Å²) < 4.78 is 23.5. The summed E-state index contributed by atoms with van der Waals surface area (Å²) in [5, 5.41) is 7.46. The fraction of sp³-hybridized carbons (Fsp3) is 0.533. The number of nitrogens with zero attached hydrogens (tertiary/aromatic N) is 2. The van der Waals surface area contributed by atoms with Crippen molar-refractivity contribution in [2.75, 3.05) is 30.9 Å². The van der Waals surface area contributed by atoms with Crippen molar-refractivity contribution in [1.29, 1.82) is 0 Å². The first-order chi connectivity index (χ1) is 10.2. The highest BCUT2D eigenvalue weighted by molar-refractivity contribution is 7.91. The Morgan fingerprint density at radius 3 is 2.27 bits per heavy atom. The molecule has 1 aromatic carbocycles. The summed E-state index contributed by atoms with van der Waals surface area (Å²) in [4.78, 5) is 0. The summed E-state index contributed by atoms with van der Waals surface area (Å²) in [6, 6.07) is 6.05. The maximum absolute atomic E-state index is 11.7. The van der Waals surface area contributed by atoms with Gasteiger partial charge in [0.1, 0.15) is 0 Å². The van der Waals surface area contributed by atoms with Crippen LogP contribution >= 0.6 is 12.2 Å². The van der Waals surface area contributed by atoms with E-state index in [-0.39, 0.29) is 17.5 Å². The van der Waals surface area contributed by atoms with E-state index in [0.717, 1.165) is 16.8 Å². The molecule has 5 nitrogen and oxygen atoms in total. The molecule has 122 valence electrons. The van der Waals surface area contributed by atoms with Crippen LogP contribution in [-0.2, 0) is 9.84 Å². The van der Waals surface area contributed by atoms with Crippen LogP contribution in [0, 0.1) is 13.8 Å². The van der Waals surface area contributed by atoms with Crippen LogP contribution in [0.15, 0.2) is 18.2 Å². The molecule has 1 aliphatic heterocycles. The Balaban J connectivity index is 2.17. The lowest BCUT2D eigenvalue weighted by molar-refractivity contribution is 0.0757. The second-order valence-electron chi connectivity index (χ2n) is 6.06. The molecule has 0 unspecified atom stereocenters. The number of hydrogen-bond acceptors (Lipinski definition) is 4. The first kappa shape index (κ1) is 17.2. The highest BCUT2D eigenvalue weighted by Crippen LogP contribution is 2.21. The minimum Gasteiger partial charge on any atom is -0.331 e. The van der Waals surface area contributed by atoms with Crippen molar-refractivity contribution in [1.82, 2.24) is 10.0 Å². The third-order valence-corrected chi connectivity index (χ3v) is 5.71. The molecule has 2 rings (SSSR count). The van der Waals surface area contributed by atoms with Crippen molar-refractivity contribution >= 4 is 32.9 Å². The molecule has 0 radical (unpaired) electrons. The maximum Gasteiger partial charge on any atom is 0.188 e. The van der Waals surface area contributed by atoms with Crippen LogP contribution in [0.5, 0.6) is 0 Å². The van der Waals surface area contributed by atoms with Crippen LogP contribution in [-0.4, -0.2) is 55.2 Å². The number of anilines is 1. The van der Waals surface area contributed by atoms with Gasteiger partial charge in [-0.1, -0.05) is 6.07 Å². The number of benzene rings is 1. The number of thiocarbonyl (C=S) groups is 1. The van der Waals surface area contributed by atoms with Gasteiger partial charge in [-0.2, -0.15) is 0 Å². The Kier molecular flexibility index (Phi) is 5.09. The number of hydrogen-bond donors (Lipinski definition) is 1. The standard InChI is InChI=1S/C15H23N3O2S2/c1-11-7-12(2)9-13(8-11)16-15(21)18(17(3)4)14-5-6-22(19,20)10-14/h7-9,14H,5-6,10H2,1-4H3,(H,16,21)/t14-/m1/s1. The molecule has 1 N–H and O–H groups in total. The van der Waals surface area contributed by atoms with E-state index in [9.17, 15) is 8.42 Å². The maximum atomic E-state index is 11.7. The van der Waals surface area contributed by atoms with Gasteiger partial charge >= 0.3 is 0 Å². The Morgan fingerprint density at radius 2 is 1.82 bits per heavy atom. The molecular formula is C15H23N3O2S2. The van der Waals surface area contributed by atoms with Gasteiger partial charge in [0, 0.05) is 19.8 Å². The number of hydrazine groups is 1. The summed E-state index contributed by atoms with van der Waals surface area (Å²) in [5.41, 5.74) is 3.24. The minimum absolute atomic E-state index is 0.106. The second kappa shape index (κ2) is 6.52. The average Bonchev–Trinajstić information content (AvgIpc) is 2.67. The number of sulfone groups is 1. The topological polar surface area (TPSA) is 52.7 Å². The van der Waals surface area contributed by atoms with Gasteiger partial charge in [-0.25, -0.2) is 13.4 Å². The summed E-state index contributed by atoms with van der Waals surface area (Å²) in [6.45, 7) is 4.07. The van der Waals surface area contributed by atoms with Crippen LogP contribution in [0.3, 0.4) is 0 Å². The van der Waals surface area contributed by atoms with E-state index in [1.54, 1.807) is 0 Å². The Bertz CT molecular complexity index is 651. The van der Waals surface area contributed by atoms with E-state index in [0.29, 0.717) is 11.5 Å². The lowest BCUT2D eigenvalue weighted by Crippen LogP contribution is -2.51. The SMILES string of the molecule is Cc1cc(C)cc(NC(=S)N([C@@H]2CCS(=O)(=O)C2)N(C)C)c1. The van der Waals surface area contributed by atoms with Crippen LogP contribution in [0.1, 0.15) is 17.5 Å². The van der Waals surface area contributed by atoms with Gasteiger partial charge in [0.2, 0.25) is 0 Å². The number of aryl methyl sites for hydroxylation is 2. The highest BCUT2D eigenvalue weighted by atomic mass is 32.2. The molecule has 0 aromatic heterocycles.